The van der Waals surface area contributed by atoms with E-state index in [1.165, 1.54) is 17.2 Å². The maximum atomic E-state index is 13.5. The number of aromatic nitrogens is 2. The summed E-state index contributed by atoms with van der Waals surface area (Å²) in [5.74, 6) is -2.11. The Labute approximate surface area is 246 Å². The smallest absolute Gasteiger partial charge is 0.350 e. The molecule has 3 heterocycles. The quantitative estimate of drug-likeness (QED) is 0.0879. The summed E-state index contributed by atoms with van der Waals surface area (Å²) in [6.07, 6.45) is 4.52. The molecule has 1 fully saturated rings. The lowest BCUT2D eigenvalue weighted by Crippen LogP contribution is -2.29. The fourth-order valence-corrected chi connectivity index (χ4v) is 5.59. The number of anilines is 1. The van der Waals surface area contributed by atoms with E-state index in [1.807, 2.05) is 37.3 Å². The maximum absolute atomic E-state index is 13.5. The summed E-state index contributed by atoms with van der Waals surface area (Å²) in [5.41, 5.74) is 2.80. The number of benzene rings is 2. The third kappa shape index (κ3) is 5.57. The molecule has 0 spiro atoms. The van der Waals surface area contributed by atoms with Crippen LogP contribution >= 0.6 is 11.3 Å². The molecule has 0 saturated carbocycles. The number of nitrogens with zero attached hydrogens (tertiary/aromatic N) is 3. The Morgan fingerprint density at radius 3 is 2.60 bits per heavy atom. The van der Waals surface area contributed by atoms with Crippen molar-refractivity contribution in [1.82, 2.24) is 9.97 Å². The van der Waals surface area contributed by atoms with Gasteiger partial charge >= 0.3 is 11.9 Å². The molecule has 1 N–H and O–H groups in total. The highest BCUT2D eigenvalue weighted by Crippen LogP contribution is 2.44. The molecular formula is C32H27N3O6S. The van der Waals surface area contributed by atoms with Crippen molar-refractivity contribution in [2.75, 3.05) is 11.5 Å². The van der Waals surface area contributed by atoms with Gasteiger partial charge in [-0.25, -0.2) is 9.78 Å². The predicted molar refractivity (Wildman–Crippen MR) is 158 cm³/mol. The summed E-state index contributed by atoms with van der Waals surface area (Å²) >= 11 is 0.929. The second-order valence-corrected chi connectivity index (χ2v) is 10.5. The molecule has 212 valence electrons. The van der Waals surface area contributed by atoms with E-state index in [9.17, 15) is 19.5 Å². The topological polar surface area (TPSA) is 119 Å². The third-order valence-electron chi connectivity index (χ3n) is 6.64. The number of carbonyl (C=O) groups excluding carboxylic acids is 3. The van der Waals surface area contributed by atoms with E-state index >= 15 is 0 Å². The molecule has 9 nitrogen and oxygen atoms in total. The van der Waals surface area contributed by atoms with E-state index in [-0.39, 0.29) is 27.9 Å². The number of thiazole rings is 1. The van der Waals surface area contributed by atoms with E-state index < -0.39 is 23.7 Å². The number of hydrogen-bond donors (Lipinski definition) is 1. The van der Waals surface area contributed by atoms with E-state index in [0.29, 0.717) is 29.2 Å². The first kappa shape index (κ1) is 28.4. The van der Waals surface area contributed by atoms with E-state index in [1.54, 1.807) is 43.5 Å². The molecule has 1 saturated heterocycles. The van der Waals surface area contributed by atoms with Crippen molar-refractivity contribution < 1.29 is 29.0 Å². The van der Waals surface area contributed by atoms with Gasteiger partial charge in [0.15, 0.2) is 5.13 Å². The Morgan fingerprint density at radius 2 is 1.90 bits per heavy atom. The van der Waals surface area contributed by atoms with Gasteiger partial charge in [-0.2, -0.15) is 0 Å². The largest absolute Gasteiger partial charge is 0.507 e. The zero-order valence-electron chi connectivity index (χ0n) is 22.9. The van der Waals surface area contributed by atoms with Crippen LogP contribution in [-0.4, -0.2) is 39.3 Å². The molecule has 0 radical (unpaired) electrons. The lowest BCUT2D eigenvalue weighted by Gasteiger charge is -2.22. The lowest BCUT2D eigenvalue weighted by molar-refractivity contribution is -0.132. The predicted octanol–water partition coefficient (Wildman–Crippen LogP) is 5.70. The molecule has 5 rings (SSSR count). The molecular weight excluding hydrogens is 554 g/mol. The van der Waals surface area contributed by atoms with Crippen molar-refractivity contribution in [3.05, 3.63) is 124 Å². The summed E-state index contributed by atoms with van der Waals surface area (Å²) in [6.45, 7) is 7.37. The Balaban J connectivity index is 1.53. The molecule has 1 aliphatic heterocycles. The van der Waals surface area contributed by atoms with Crippen LogP contribution in [0.15, 0.2) is 91.3 Å². The fraction of sp³-hybridized carbons (Fsp3) is 0.156. The van der Waals surface area contributed by atoms with Crippen LogP contribution < -0.4 is 9.64 Å². The van der Waals surface area contributed by atoms with Crippen LogP contribution in [0.25, 0.3) is 5.76 Å². The van der Waals surface area contributed by atoms with Crippen molar-refractivity contribution >= 4 is 39.9 Å². The van der Waals surface area contributed by atoms with Crippen molar-refractivity contribution in [1.29, 1.82) is 0 Å². The van der Waals surface area contributed by atoms with Crippen molar-refractivity contribution in [3.8, 4) is 5.75 Å². The Bertz CT molecular complexity index is 1700. The number of aryl methyl sites for hydroxylation is 2. The zero-order valence-corrected chi connectivity index (χ0v) is 23.8. The SMILES string of the molecule is C=CCOC(=O)c1sc(N2C(=O)C(=O)/C(=C(\O)c3ccc(OCc4ccccc4)c(C)c3)C2c2cccnc2)nc1C. The molecule has 1 amide bonds. The van der Waals surface area contributed by atoms with Crippen LogP contribution in [0.4, 0.5) is 5.13 Å². The average molecular weight is 582 g/mol. The first-order chi connectivity index (χ1) is 20.3. The highest BCUT2D eigenvalue weighted by atomic mass is 32.1. The number of esters is 1. The first-order valence-corrected chi connectivity index (χ1v) is 13.9. The average Bonchev–Trinajstić information content (AvgIpc) is 3.52. The summed E-state index contributed by atoms with van der Waals surface area (Å²) in [7, 11) is 0. The Kier molecular flexibility index (Phi) is 8.26. The number of ether oxygens (including phenoxy) is 2. The molecule has 42 heavy (non-hydrogen) atoms. The number of hydrogen-bond acceptors (Lipinski definition) is 9. The number of carbonyl (C=O) groups is 3. The van der Waals surface area contributed by atoms with Crippen molar-refractivity contribution in [2.24, 2.45) is 0 Å². The summed E-state index contributed by atoms with van der Waals surface area (Å²) in [5, 5.41) is 11.6. The lowest BCUT2D eigenvalue weighted by atomic mass is 9.96. The third-order valence-corrected chi connectivity index (χ3v) is 7.78. The first-order valence-electron chi connectivity index (χ1n) is 13.0. The summed E-state index contributed by atoms with van der Waals surface area (Å²) in [4.78, 5) is 49.5. The van der Waals surface area contributed by atoms with Crippen LogP contribution in [0, 0.1) is 13.8 Å². The van der Waals surface area contributed by atoms with E-state index in [0.717, 1.165) is 22.5 Å². The van der Waals surface area contributed by atoms with Gasteiger partial charge in [0.2, 0.25) is 0 Å². The van der Waals surface area contributed by atoms with Gasteiger partial charge in [0.25, 0.3) is 5.78 Å². The fourth-order valence-electron chi connectivity index (χ4n) is 4.61. The molecule has 1 aliphatic rings. The number of aliphatic hydroxyl groups is 1. The second-order valence-electron chi connectivity index (χ2n) is 9.51. The summed E-state index contributed by atoms with van der Waals surface area (Å²) in [6, 6.07) is 17.1. The molecule has 2 aromatic carbocycles. The van der Waals surface area contributed by atoms with E-state index in [4.69, 9.17) is 9.47 Å². The normalized spacial score (nSPS) is 16.0. The molecule has 0 aliphatic carbocycles. The standard InChI is InChI=1S/C32H27N3O6S/c1-4-15-40-31(39)29-20(3)34-32(42-29)35-26(23-11-8-14-33-17-23)25(28(37)30(35)38)27(36)22-12-13-24(19(2)16-22)41-18-21-9-6-5-7-10-21/h4-14,16-17,26,36H,1,15,18H2,2-3H3/b27-25-. The number of ketones is 1. The van der Waals surface area contributed by atoms with Crippen LogP contribution in [0.2, 0.25) is 0 Å². The van der Waals surface area contributed by atoms with Gasteiger partial charge in [0.1, 0.15) is 29.6 Å². The molecule has 2 aromatic heterocycles. The Hall–Kier alpha value is -5.09. The van der Waals surface area contributed by atoms with Gasteiger partial charge in [-0.1, -0.05) is 60.4 Å². The van der Waals surface area contributed by atoms with E-state index in [2.05, 4.69) is 16.5 Å². The number of rotatable bonds is 9. The highest BCUT2D eigenvalue weighted by molar-refractivity contribution is 7.17. The minimum atomic E-state index is -1.03. The van der Waals surface area contributed by atoms with Gasteiger partial charge < -0.3 is 14.6 Å². The molecule has 1 atom stereocenters. The highest BCUT2D eigenvalue weighted by Gasteiger charge is 2.48. The molecule has 10 heteroatoms. The van der Waals surface area contributed by atoms with Gasteiger partial charge in [-0.3, -0.25) is 19.5 Å². The Morgan fingerprint density at radius 1 is 1.12 bits per heavy atom. The number of Topliss-reactive ketones (excluding diaryl/α,β-unsaturated/α-hetero) is 1. The van der Waals surface area contributed by atoms with Gasteiger partial charge in [-0.05, 0) is 54.8 Å². The van der Waals surface area contributed by atoms with Crippen LogP contribution in [0.1, 0.15) is 43.7 Å². The summed E-state index contributed by atoms with van der Waals surface area (Å²) < 4.78 is 11.1. The zero-order chi connectivity index (χ0) is 29.8. The maximum Gasteiger partial charge on any atom is 0.350 e. The van der Waals surface area contributed by atoms with Gasteiger partial charge in [-0.15, -0.1) is 0 Å². The monoisotopic (exact) mass is 581 g/mol. The van der Waals surface area contributed by atoms with Crippen molar-refractivity contribution in [2.45, 2.75) is 26.5 Å². The van der Waals surface area contributed by atoms with Crippen LogP contribution in [0.3, 0.4) is 0 Å². The minimum absolute atomic E-state index is 0.0151. The van der Waals surface area contributed by atoms with Gasteiger partial charge in [0, 0.05) is 18.0 Å². The molecule has 4 aromatic rings. The second kappa shape index (κ2) is 12.2. The van der Waals surface area contributed by atoms with Crippen LogP contribution in [0.5, 0.6) is 5.75 Å². The van der Waals surface area contributed by atoms with Gasteiger partial charge in [0.05, 0.1) is 17.3 Å². The molecule has 1 unspecified atom stereocenters. The number of aliphatic hydroxyl groups excluding tert-OH is 1. The minimum Gasteiger partial charge on any atom is -0.507 e. The molecule has 0 bridgehead atoms. The van der Waals surface area contributed by atoms with Crippen molar-refractivity contribution in [3.63, 3.8) is 0 Å². The number of pyridine rings is 1. The van der Waals surface area contributed by atoms with Crippen LogP contribution in [-0.2, 0) is 20.9 Å². The number of amides is 1.